The third-order valence-corrected chi connectivity index (χ3v) is 5.14. The van der Waals surface area contributed by atoms with Crippen molar-refractivity contribution in [2.24, 2.45) is 5.92 Å². The van der Waals surface area contributed by atoms with Crippen molar-refractivity contribution in [3.8, 4) is 11.5 Å². The number of thiol groups is 1. The molecule has 5 nitrogen and oxygen atoms in total. The van der Waals surface area contributed by atoms with E-state index >= 15 is 0 Å². The topological polar surface area (TPSA) is 61.8 Å². The van der Waals surface area contributed by atoms with Gasteiger partial charge in [0.25, 0.3) is 11.0 Å². The molecule has 0 radical (unpaired) electrons. The maximum Gasteiger partial charge on any atom is 0.257 e. The Labute approximate surface area is 139 Å². The summed E-state index contributed by atoms with van der Waals surface area (Å²) in [6.07, 6.45) is 5.37. The molecule has 2 aliphatic rings. The molecule has 1 fully saturated rings. The van der Waals surface area contributed by atoms with Crippen molar-refractivity contribution in [1.29, 1.82) is 0 Å². The Balaban J connectivity index is 1.99. The highest BCUT2D eigenvalue weighted by molar-refractivity contribution is 7.67. The Morgan fingerprint density at radius 2 is 2.09 bits per heavy atom. The third kappa shape index (κ3) is 3.80. The van der Waals surface area contributed by atoms with Crippen LogP contribution >= 0.6 is 0 Å². The second-order valence-corrected chi connectivity index (χ2v) is 7.10. The van der Waals surface area contributed by atoms with Crippen LogP contribution in [-0.4, -0.2) is 15.2 Å². The van der Waals surface area contributed by atoms with Gasteiger partial charge >= 0.3 is 0 Å². The first-order valence-electron chi connectivity index (χ1n) is 8.33. The van der Waals surface area contributed by atoms with E-state index in [2.05, 4.69) is 13.0 Å². The van der Waals surface area contributed by atoms with Gasteiger partial charge in [0.15, 0.2) is 11.5 Å². The molecule has 0 amide bonds. The maximum atomic E-state index is 11.0. The van der Waals surface area contributed by atoms with E-state index in [-0.39, 0.29) is 6.79 Å². The molecule has 0 N–H and O–H groups in total. The van der Waals surface area contributed by atoms with Gasteiger partial charge in [0.05, 0.1) is 0 Å². The summed E-state index contributed by atoms with van der Waals surface area (Å²) in [6, 6.07) is 3.99. The lowest BCUT2D eigenvalue weighted by Gasteiger charge is -2.23. The van der Waals surface area contributed by atoms with Crippen molar-refractivity contribution >= 4 is 11.0 Å². The molecular formula is C17H24O5S. The fraction of sp³-hybridized carbons (Fsp3) is 0.647. The molecule has 23 heavy (non-hydrogen) atoms. The van der Waals surface area contributed by atoms with Crippen LogP contribution in [0.1, 0.15) is 69.1 Å². The van der Waals surface area contributed by atoms with Gasteiger partial charge in [-0.15, -0.1) is 0 Å². The molecule has 0 aromatic heterocycles. The molecule has 2 atom stereocenters. The van der Waals surface area contributed by atoms with E-state index in [1.54, 1.807) is 6.92 Å². The second kappa shape index (κ2) is 7.09. The fourth-order valence-corrected chi connectivity index (χ4v) is 3.83. The van der Waals surface area contributed by atoms with E-state index < -0.39 is 17.1 Å². The van der Waals surface area contributed by atoms with Gasteiger partial charge in [0, 0.05) is 5.56 Å². The Morgan fingerprint density at radius 3 is 2.74 bits per heavy atom. The molecular weight excluding hydrogens is 316 g/mol. The summed E-state index contributed by atoms with van der Waals surface area (Å²) in [7, 11) is -2.91. The van der Waals surface area contributed by atoms with Crippen LogP contribution < -0.4 is 9.47 Å². The van der Waals surface area contributed by atoms with E-state index in [4.69, 9.17) is 13.7 Å². The highest BCUT2D eigenvalue weighted by Crippen LogP contribution is 2.48. The summed E-state index contributed by atoms with van der Waals surface area (Å²) in [4.78, 5) is 0. The van der Waals surface area contributed by atoms with E-state index in [1.165, 1.54) is 12.8 Å². The zero-order valence-corrected chi connectivity index (χ0v) is 14.5. The molecule has 1 aromatic rings. The lowest BCUT2D eigenvalue weighted by Crippen LogP contribution is -2.09. The van der Waals surface area contributed by atoms with Crippen LogP contribution in [0.25, 0.3) is 0 Å². The van der Waals surface area contributed by atoms with Crippen LogP contribution in [-0.2, 0) is 15.2 Å². The first-order valence-corrected chi connectivity index (χ1v) is 9.43. The monoisotopic (exact) mass is 340 g/mol. The normalized spacial score (nSPS) is 19.1. The molecule has 1 aliphatic carbocycles. The van der Waals surface area contributed by atoms with Crippen molar-refractivity contribution in [2.45, 2.75) is 58.0 Å². The summed E-state index contributed by atoms with van der Waals surface area (Å²) < 4.78 is 38.2. The highest BCUT2D eigenvalue weighted by Gasteiger charge is 2.32. The Hall–Kier alpha value is -1.27. The standard InChI is InChI=1S/C17H24O5S/c1-3-4-13(9-12-5-6-12)14-7-8-15-17(21-10-20-15)16(14)11(2)22-23(18)19/h7-8,11-13,23H,3-6,9-10H2,1-2H3. The summed E-state index contributed by atoms with van der Waals surface area (Å²) >= 11 is 0. The van der Waals surface area contributed by atoms with Gasteiger partial charge in [0.2, 0.25) is 6.79 Å². The fourth-order valence-electron chi connectivity index (χ4n) is 3.47. The van der Waals surface area contributed by atoms with Gasteiger partial charge in [-0.3, -0.25) is 4.18 Å². The Morgan fingerprint density at radius 1 is 1.30 bits per heavy atom. The first-order chi connectivity index (χ1) is 11.1. The number of hydrogen-bond donors (Lipinski definition) is 1. The summed E-state index contributed by atoms with van der Waals surface area (Å²) in [5, 5.41) is 0. The quantitative estimate of drug-likeness (QED) is 0.731. The molecule has 1 saturated carbocycles. The average Bonchev–Trinajstić information content (AvgIpc) is 3.19. The maximum absolute atomic E-state index is 11.0. The van der Waals surface area contributed by atoms with Crippen molar-refractivity contribution in [2.75, 3.05) is 6.79 Å². The molecule has 0 spiro atoms. The van der Waals surface area contributed by atoms with E-state index in [9.17, 15) is 8.42 Å². The number of rotatable bonds is 8. The zero-order valence-electron chi connectivity index (χ0n) is 13.6. The van der Waals surface area contributed by atoms with Gasteiger partial charge in [-0.25, -0.2) is 8.42 Å². The second-order valence-electron chi connectivity index (χ2n) is 6.44. The number of hydrogen-bond acceptors (Lipinski definition) is 5. The molecule has 3 rings (SSSR count). The predicted octanol–water partition coefficient (Wildman–Crippen LogP) is 3.70. The molecule has 1 aliphatic heterocycles. The smallest absolute Gasteiger partial charge is 0.257 e. The largest absolute Gasteiger partial charge is 0.454 e. The number of benzene rings is 1. The zero-order chi connectivity index (χ0) is 16.4. The minimum atomic E-state index is -2.91. The molecule has 0 saturated heterocycles. The number of ether oxygens (including phenoxy) is 2. The van der Waals surface area contributed by atoms with Gasteiger partial charge < -0.3 is 9.47 Å². The molecule has 128 valence electrons. The van der Waals surface area contributed by atoms with E-state index in [0.29, 0.717) is 17.4 Å². The van der Waals surface area contributed by atoms with Crippen molar-refractivity contribution < 1.29 is 22.1 Å². The summed E-state index contributed by atoms with van der Waals surface area (Å²) in [6.45, 7) is 4.11. The molecule has 6 heteroatoms. The van der Waals surface area contributed by atoms with Crippen molar-refractivity contribution in [3.05, 3.63) is 23.3 Å². The SMILES string of the molecule is CCCC(CC1CC1)c1ccc2c(c1C(C)O[SH](=O)=O)OCO2. The van der Waals surface area contributed by atoms with Gasteiger partial charge in [-0.2, -0.15) is 0 Å². The van der Waals surface area contributed by atoms with Crippen molar-refractivity contribution in [3.63, 3.8) is 0 Å². The number of fused-ring (bicyclic) bond motifs is 1. The van der Waals surface area contributed by atoms with Crippen LogP contribution in [0.4, 0.5) is 0 Å². The van der Waals surface area contributed by atoms with Crippen LogP contribution in [0, 0.1) is 5.92 Å². The molecule has 0 bridgehead atoms. The lowest BCUT2D eigenvalue weighted by atomic mass is 9.84. The summed E-state index contributed by atoms with van der Waals surface area (Å²) in [5.74, 6) is 2.52. The Kier molecular flexibility index (Phi) is 5.11. The summed E-state index contributed by atoms with van der Waals surface area (Å²) in [5.41, 5.74) is 1.98. The minimum absolute atomic E-state index is 0.170. The van der Waals surface area contributed by atoms with E-state index in [0.717, 1.165) is 36.3 Å². The van der Waals surface area contributed by atoms with E-state index in [1.807, 2.05) is 6.07 Å². The van der Waals surface area contributed by atoms with Crippen LogP contribution in [0.2, 0.25) is 0 Å². The lowest BCUT2D eigenvalue weighted by molar-refractivity contribution is 0.169. The van der Waals surface area contributed by atoms with Gasteiger partial charge in [-0.1, -0.05) is 32.3 Å². The molecule has 1 aromatic carbocycles. The first kappa shape index (κ1) is 16.6. The average molecular weight is 340 g/mol. The Bertz CT molecular complexity index is 628. The molecule has 2 unspecified atom stereocenters. The highest BCUT2D eigenvalue weighted by atomic mass is 32.2. The minimum Gasteiger partial charge on any atom is -0.454 e. The van der Waals surface area contributed by atoms with Gasteiger partial charge in [-0.05, 0) is 43.2 Å². The van der Waals surface area contributed by atoms with Crippen LogP contribution in [0.3, 0.4) is 0 Å². The van der Waals surface area contributed by atoms with Gasteiger partial charge in [0.1, 0.15) is 6.10 Å². The predicted molar refractivity (Wildman–Crippen MR) is 87.4 cm³/mol. The molecule has 1 heterocycles. The van der Waals surface area contributed by atoms with Crippen LogP contribution in [0.5, 0.6) is 11.5 Å². The third-order valence-electron chi connectivity index (χ3n) is 4.65. The van der Waals surface area contributed by atoms with Crippen LogP contribution in [0.15, 0.2) is 12.1 Å². The van der Waals surface area contributed by atoms with Crippen molar-refractivity contribution in [1.82, 2.24) is 0 Å².